The summed E-state index contributed by atoms with van der Waals surface area (Å²) in [7, 11) is -3.52. The van der Waals surface area contributed by atoms with Gasteiger partial charge in [0.25, 0.3) is 0 Å². The summed E-state index contributed by atoms with van der Waals surface area (Å²) in [5.41, 5.74) is 0.276. The van der Waals surface area contributed by atoms with Gasteiger partial charge in [0.1, 0.15) is 5.75 Å². The largest absolute Gasteiger partial charge is 0.493 e. The van der Waals surface area contributed by atoms with Gasteiger partial charge >= 0.3 is 5.91 Å². The fourth-order valence-electron chi connectivity index (χ4n) is 2.28. The molecule has 0 saturated carbocycles. The Balaban J connectivity index is 2.13. The molecule has 26 heavy (non-hydrogen) atoms. The van der Waals surface area contributed by atoms with Crippen LogP contribution in [0.15, 0.2) is 48.5 Å². The first-order valence-electron chi connectivity index (χ1n) is 8.06. The van der Waals surface area contributed by atoms with Gasteiger partial charge in [-0.1, -0.05) is 6.92 Å². The van der Waals surface area contributed by atoms with E-state index in [-0.39, 0.29) is 22.3 Å². The Labute approximate surface area is 150 Å². The van der Waals surface area contributed by atoms with Crippen molar-refractivity contribution in [2.24, 2.45) is 25.4 Å². The third-order valence-corrected chi connectivity index (χ3v) is 5.87. The molecule has 2 aliphatic rings. The molecule has 3 rings (SSSR count). The number of nitrogens with zero attached hydrogens (tertiary/aromatic N) is 5. The summed E-state index contributed by atoms with van der Waals surface area (Å²) in [6.45, 7) is 5.56. The molecule has 0 fully saturated rings. The van der Waals surface area contributed by atoms with E-state index in [0.717, 1.165) is 6.42 Å². The highest BCUT2D eigenvalue weighted by Crippen LogP contribution is 2.27. The number of benzene rings is 1. The van der Waals surface area contributed by atoms with Gasteiger partial charge in [0.05, 0.1) is 22.3 Å². The van der Waals surface area contributed by atoms with Crippen molar-refractivity contribution in [2.45, 2.75) is 37.3 Å². The number of fused-ring (bicyclic) bond motifs is 1. The molecule has 0 bridgehead atoms. The van der Waals surface area contributed by atoms with Crippen LogP contribution in [-0.4, -0.2) is 43.6 Å². The molecule has 0 unspecified atom stereocenters. The molecule has 0 aliphatic carbocycles. The van der Waals surface area contributed by atoms with Crippen LogP contribution in [0.2, 0.25) is 0 Å². The highest BCUT2D eigenvalue weighted by atomic mass is 32.2. The number of aliphatic imine (C=N–C) groups is 2. The van der Waals surface area contributed by atoms with Crippen LogP contribution in [0.25, 0.3) is 0 Å². The zero-order valence-electron chi connectivity index (χ0n) is 14.5. The lowest BCUT2D eigenvalue weighted by molar-refractivity contribution is -0.111. The van der Waals surface area contributed by atoms with Crippen LogP contribution < -0.4 is 4.74 Å². The summed E-state index contributed by atoms with van der Waals surface area (Å²) in [6.07, 6.45) is 0.760. The van der Waals surface area contributed by atoms with E-state index in [9.17, 15) is 13.2 Å². The Kier molecular flexibility index (Phi) is 4.77. The van der Waals surface area contributed by atoms with Crippen molar-refractivity contribution in [2.75, 3.05) is 6.61 Å². The number of hydrogen-bond acceptors (Lipinski definition) is 8. The molecule has 1 aromatic carbocycles. The molecular weight excluding hydrogens is 358 g/mol. The topological polar surface area (TPSA) is 122 Å². The van der Waals surface area contributed by atoms with Gasteiger partial charge in [0.15, 0.2) is 15.7 Å². The maximum Gasteiger partial charge on any atom is 0.303 e. The van der Waals surface area contributed by atoms with Crippen molar-refractivity contribution in [1.29, 1.82) is 0 Å². The standard InChI is InChI=1S/C16H17N5O4S/c1-4-7-25-12-6-5-10(26(23,24)9(2)3)8-11(12)14-17-15-13(16(22)18-14)19-21-20-15/h5-6,8-9H,4,7H2,1-3H3. The van der Waals surface area contributed by atoms with Gasteiger partial charge in [0, 0.05) is 0 Å². The fraction of sp³-hybridized carbons (Fsp3) is 0.375. The smallest absolute Gasteiger partial charge is 0.303 e. The van der Waals surface area contributed by atoms with E-state index >= 15 is 0 Å². The summed E-state index contributed by atoms with van der Waals surface area (Å²) in [5, 5.41) is 10.1. The SMILES string of the molecule is CCCOc1ccc(S(=O)(=O)C(C)C)cc1C1=NC(=O)C2=NN=NC2=N1. The highest BCUT2D eigenvalue weighted by molar-refractivity contribution is 7.92. The van der Waals surface area contributed by atoms with Crippen LogP contribution in [0.1, 0.15) is 32.8 Å². The lowest BCUT2D eigenvalue weighted by Crippen LogP contribution is -2.26. The van der Waals surface area contributed by atoms with E-state index in [0.29, 0.717) is 17.9 Å². The van der Waals surface area contributed by atoms with Gasteiger partial charge in [-0.3, -0.25) is 4.79 Å². The quantitative estimate of drug-likeness (QED) is 0.756. The van der Waals surface area contributed by atoms with E-state index < -0.39 is 21.0 Å². The average Bonchev–Trinajstić information content (AvgIpc) is 3.08. The number of amides is 1. The predicted octanol–water partition coefficient (Wildman–Crippen LogP) is 2.16. The molecule has 9 nitrogen and oxygen atoms in total. The third-order valence-electron chi connectivity index (χ3n) is 3.72. The van der Waals surface area contributed by atoms with Crippen LogP contribution in [0.5, 0.6) is 5.75 Å². The number of rotatable bonds is 6. The van der Waals surface area contributed by atoms with Gasteiger partial charge < -0.3 is 4.74 Å². The molecule has 2 heterocycles. The van der Waals surface area contributed by atoms with Gasteiger partial charge in [0.2, 0.25) is 11.5 Å². The third kappa shape index (κ3) is 3.19. The summed E-state index contributed by atoms with van der Waals surface area (Å²) in [4.78, 5) is 20.3. The van der Waals surface area contributed by atoms with Crippen molar-refractivity contribution >= 4 is 33.1 Å². The normalized spacial score (nSPS) is 16.3. The van der Waals surface area contributed by atoms with Crippen molar-refractivity contribution < 1.29 is 17.9 Å². The second kappa shape index (κ2) is 6.87. The molecule has 0 aromatic heterocycles. The Hall–Kier alpha value is -2.75. The van der Waals surface area contributed by atoms with Gasteiger partial charge in [-0.15, -0.1) is 10.2 Å². The molecule has 0 N–H and O–H groups in total. The van der Waals surface area contributed by atoms with E-state index in [1.54, 1.807) is 19.9 Å². The lowest BCUT2D eigenvalue weighted by Gasteiger charge is -2.15. The van der Waals surface area contributed by atoms with Crippen LogP contribution in [0.3, 0.4) is 0 Å². The van der Waals surface area contributed by atoms with Gasteiger partial charge in [-0.25, -0.2) is 13.4 Å². The highest BCUT2D eigenvalue weighted by Gasteiger charge is 2.30. The fourth-order valence-corrected chi connectivity index (χ4v) is 3.37. The first-order chi connectivity index (χ1) is 12.3. The molecular formula is C16H17N5O4S. The van der Waals surface area contributed by atoms with E-state index in [1.807, 2.05) is 6.92 Å². The summed E-state index contributed by atoms with van der Waals surface area (Å²) >= 11 is 0. The zero-order chi connectivity index (χ0) is 18.9. The predicted molar refractivity (Wildman–Crippen MR) is 95.8 cm³/mol. The summed E-state index contributed by atoms with van der Waals surface area (Å²) in [5.74, 6) is -0.162. The molecule has 0 saturated heterocycles. The zero-order valence-corrected chi connectivity index (χ0v) is 15.3. The average molecular weight is 375 g/mol. The van der Waals surface area contributed by atoms with Crippen molar-refractivity contribution in [1.82, 2.24) is 0 Å². The second-order valence-electron chi connectivity index (χ2n) is 5.91. The minimum Gasteiger partial charge on any atom is -0.493 e. The van der Waals surface area contributed by atoms with E-state index in [4.69, 9.17) is 4.74 Å². The van der Waals surface area contributed by atoms with Crippen LogP contribution >= 0.6 is 0 Å². The number of hydrogen-bond donors (Lipinski definition) is 0. The van der Waals surface area contributed by atoms with Crippen molar-refractivity contribution in [3.05, 3.63) is 23.8 Å². The first kappa shape index (κ1) is 18.1. The van der Waals surface area contributed by atoms with Crippen molar-refractivity contribution in [3.8, 4) is 5.75 Å². The maximum atomic E-state index is 12.5. The molecule has 0 spiro atoms. The molecule has 10 heteroatoms. The Morgan fingerprint density at radius 2 is 1.92 bits per heavy atom. The van der Waals surface area contributed by atoms with Gasteiger partial charge in [-0.05, 0) is 43.7 Å². The summed E-state index contributed by atoms with van der Waals surface area (Å²) < 4.78 is 30.7. The minimum atomic E-state index is -3.52. The second-order valence-corrected chi connectivity index (χ2v) is 8.42. The Morgan fingerprint density at radius 1 is 1.15 bits per heavy atom. The number of amidine groups is 2. The van der Waals surface area contributed by atoms with E-state index in [1.165, 1.54) is 12.1 Å². The molecule has 0 radical (unpaired) electrons. The number of sulfone groups is 1. The summed E-state index contributed by atoms with van der Waals surface area (Å²) in [6, 6.07) is 4.45. The molecule has 1 aromatic rings. The lowest BCUT2D eigenvalue weighted by atomic mass is 10.1. The van der Waals surface area contributed by atoms with Crippen LogP contribution in [0, 0.1) is 0 Å². The molecule has 2 aliphatic heterocycles. The number of ether oxygens (including phenoxy) is 1. The number of carbonyl (C=O) groups excluding carboxylic acids is 1. The minimum absolute atomic E-state index is 0.0247. The maximum absolute atomic E-state index is 12.5. The van der Waals surface area contributed by atoms with Gasteiger partial charge in [-0.2, -0.15) is 4.99 Å². The van der Waals surface area contributed by atoms with Crippen LogP contribution in [0.4, 0.5) is 0 Å². The first-order valence-corrected chi connectivity index (χ1v) is 9.61. The van der Waals surface area contributed by atoms with Crippen molar-refractivity contribution in [3.63, 3.8) is 0 Å². The number of carbonyl (C=O) groups is 1. The molecule has 0 atom stereocenters. The Bertz CT molecular complexity index is 990. The van der Waals surface area contributed by atoms with E-state index in [2.05, 4.69) is 25.4 Å². The Morgan fingerprint density at radius 3 is 2.62 bits per heavy atom. The molecule has 1 amide bonds. The molecule has 136 valence electrons. The van der Waals surface area contributed by atoms with Crippen LogP contribution in [-0.2, 0) is 14.6 Å². The monoisotopic (exact) mass is 375 g/mol.